The van der Waals surface area contributed by atoms with Crippen LogP contribution in [0.1, 0.15) is 6.92 Å². The summed E-state index contributed by atoms with van der Waals surface area (Å²) >= 11 is 0. The number of hydrogen-bond acceptors (Lipinski definition) is 4. The standard InChI is InChI=1S/C11H17NO3/c1-3-14-11(13-2)8-15-10-7-5-4-6-9(10)12/h4-7,11H,3,8,12H2,1-2H3. The van der Waals surface area contributed by atoms with Crippen molar-refractivity contribution >= 4 is 5.69 Å². The maximum atomic E-state index is 5.72. The SMILES string of the molecule is CCOC(COc1ccccc1N)OC. The molecule has 0 spiro atoms. The van der Waals surface area contributed by atoms with E-state index < -0.39 is 0 Å². The van der Waals surface area contributed by atoms with Crippen LogP contribution >= 0.6 is 0 Å². The number of ether oxygens (including phenoxy) is 3. The number of nitrogens with two attached hydrogens (primary N) is 1. The Morgan fingerprint density at radius 1 is 1.33 bits per heavy atom. The topological polar surface area (TPSA) is 53.7 Å². The van der Waals surface area contributed by atoms with Crippen LogP contribution in [0.5, 0.6) is 5.75 Å². The van der Waals surface area contributed by atoms with Gasteiger partial charge in [0, 0.05) is 13.7 Å². The number of benzene rings is 1. The number of nitrogen functional groups attached to an aromatic ring is 1. The summed E-state index contributed by atoms with van der Waals surface area (Å²) in [5.74, 6) is 0.652. The van der Waals surface area contributed by atoms with Crippen molar-refractivity contribution in [3.8, 4) is 5.75 Å². The highest BCUT2D eigenvalue weighted by Gasteiger charge is 2.08. The van der Waals surface area contributed by atoms with Gasteiger partial charge < -0.3 is 19.9 Å². The van der Waals surface area contributed by atoms with Gasteiger partial charge in [-0.3, -0.25) is 0 Å². The molecule has 0 aliphatic rings. The summed E-state index contributed by atoms with van der Waals surface area (Å²) < 4.78 is 15.8. The molecule has 0 aromatic heterocycles. The molecule has 1 unspecified atom stereocenters. The Labute approximate surface area is 89.9 Å². The molecule has 1 aromatic carbocycles. The Balaban J connectivity index is 2.45. The molecule has 2 N–H and O–H groups in total. The van der Waals surface area contributed by atoms with Gasteiger partial charge in [-0.1, -0.05) is 12.1 Å². The van der Waals surface area contributed by atoms with Gasteiger partial charge in [-0.05, 0) is 19.1 Å². The molecule has 0 saturated heterocycles. The third-order valence-electron chi connectivity index (χ3n) is 1.91. The fourth-order valence-corrected chi connectivity index (χ4v) is 1.14. The van der Waals surface area contributed by atoms with Crippen molar-refractivity contribution in [2.45, 2.75) is 13.2 Å². The van der Waals surface area contributed by atoms with E-state index >= 15 is 0 Å². The fraction of sp³-hybridized carbons (Fsp3) is 0.455. The van der Waals surface area contributed by atoms with Crippen LogP contribution in [0.25, 0.3) is 0 Å². The summed E-state index contributed by atoms with van der Waals surface area (Å²) in [5.41, 5.74) is 6.33. The average Bonchev–Trinajstić information content (AvgIpc) is 2.26. The van der Waals surface area contributed by atoms with E-state index in [1.807, 2.05) is 25.1 Å². The molecule has 1 aromatic rings. The molecule has 0 bridgehead atoms. The first-order valence-corrected chi connectivity index (χ1v) is 4.89. The van der Waals surface area contributed by atoms with Gasteiger partial charge in [0.05, 0.1) is 5.69 Å². The van der Waals surface area contributed by atoms with Crippen LogP contribution in [0.4, 0.5) is 5.69 Å². The quantitative estimate of drug-likeness (QED) is 0.574. The van der Waals surface area contributed by atoms with Gasteiger partial charge in [0.25, 0.3) is 0 Å². The van der Waals surface area contributed by atoms with Crippen molar-refractivity contribution in [2.24, 2.45) is 0 Å². The molecular formula is C11H17NO3. The Bertz CT molecular complexity index is 291. The van der Waals surface area contributed by atoms with Crippen molar-refractivity contribution in [3.05, 3.63) is 24.3 Å². The molecule has 15 heavy (non-hydrogen) atoms. The Morgan fingerprint density at radius 3 is 2.67 bits per heavy atom. The van der Waals surface area contributed by atoms with Crippen LogP contribution in [0.15, 0.2) is 24.3 Å². The second-order valence-electron chi connectivity index (χ2n) is 2.97. The monoisotopic (exact) mass is 211 g/mol. The molecule has 0 heterocycles. The first kappa shape index (κ1) is 11.8. The molecule has 4 heteroatoms. The number of methoxy groups -OCH3 is 1. The molecule has 0 saturated carbocycles. The molecule has 0 fully saturated rings. The van der Waals surface area contributed by atoms with E-state index in [0.717, 1.165) is 0 Å². The predicted octanol–water partition coefficient (Wildman–Crippen LogP) is 1.66. The summed E-state index contributed by atoms with van der Waals surface area (Å²) in [6.07, 6.45) is -0.352. The predicted molar refractivity (Wildman–Crippen MR) is 58.8 cm³/mol. The van der Waals surface area contributed by atoms with Crippen molar-refractivity contribution in [3.63, 3.8) is 0 Å². The maximum absolute atomic E-state index is 5.72. The molecule has 0 radical (unpaired) electrons. The third kappa shape index (κ3) is 3.77. The first-order valence-electron chi connectivity index (χ1n) is 4.89. The normalized spacial score (nSPS) is 12.4. The molecule has 0 amide bonds. The highest BCUT2D eigenvalue weighted by Crippen LogP contribution is 2.19. The Morgan fingerprint density at radius 2 is 2.07 bits per heavy atom. The van der Waals surface area contributed by atoms with Crippen LogP contribution in [-0.4, -0.2) is 26.6 Å². The minimum Gasteiger partial charge on any atom is -0.486 e. The van der Waals surface area contributed by atoms with E-state index in [-0.39, 0.29) is 6.29 Å². The molecule has 4 nitrogen and oxygen atoms in total. The van der Waals surface area contributed by atoms with Gasteiger partial charge in [-0.15, -0.1) is 0 Å². The van der Waals surface area contributed by atoms with E-state index in [2.05, 4.69) is 0 Å². The van der Waals surface area contributed by atoms with E-state index in [1.54, 1.807) is 13.2 Å². The van der Waals surface area contributed by atoms with E-state index in [0.29, 0.717) is 24.7 Å². The van der Waals surface area contributed by atoms with Gasteiger partial charge in [0.15, 0.2) is 6.29 Å². The van der Waals surface area contributed by atoms with Crippen LogP contribution in [-0.2, 0) is 9.47 Å². The zero-order valence-corrected chi connectivity index (χ0v) is 9.10. The van der Waals surface area contributed by atoms with Crippen molar-refractivity contribution in [1.82, 2.24) is 0 Å². The lowest BCUT2D eigenvalue weighted by molar-refractivity contribution is -0.137. The summed E-state index contributed by atoms with van der Waals surface area (Å²) in [6, 6.07) is 7.33. The zero-order chi connectivity index (χ0) is 11.1. The Kier molecular flexibility index (Phi) is 4.93. The Hall–Kier alpha value is -1.26. The van der Waals surface area contributed by atoms with E-state index in [4.69, 9.17) is 19.9 Å². The lowest BCUT2D eigenvalue weighted by atomic mass is 10.3. The number of hydrogen-bond donors (Lipinski definition) is 1. The average molecular weight is 211 g/mol. The van der Waals surface area contributed by atoms with Crippen molar-refractivity contribution in [1.29, 1.82) is 0 Å². The minimum atomic E-state index is -0.352. The highest BCUT2D eigenvalue weighted by molar-refractivity contribution is 5.51. The lowest BCUT2D eigenvalue weighted by Crippen LogP contribution is -2.23. The van der Waals surface area contributed by atoms with Gasteiger partial charge >= 0.3 is 0 Å². The minimum absolute atomic E-state index is 0.332. The second-order valence-corrected chi connectivity index (χ2v) is 2.97. The van der Waals surface area contributed by atoms with E-state index in [1.165, 1.54) is 0 Å². The largest absolute Gasteiger partial charge is 0.486 e. The molecule has 0 aliphatic heterocycles. The van der Waals surface area contributed by atoms with Crippen molar-refractivity contribution < 1.29 is 14.2 Å². The van der Waals surface area contributed by atoms with Crippen LogP contribution < -0.4 is 10.5 Å². The fourth-order valence-electron chi connectivity index (χ4n) is 1.14. The van der Waals surface area contributed by atoms with Gasteiger partial charge in [-0.2, -0.15) is 0 Å². The van der Waals surface area contributed by atoms with Crippen LogP contribution in [0, 0.1) is 0 Å². The first-order chi connectivity index (χ1) is 7.27. The summed E-state index contributed by atoms with van der Waals surface area (Å²) in [6.45, 7) is 2.83. The molecule has 1 atom stereocenters. The number of anilines is 1. The summed E-state index contributed by atoms with van der Waals surface area (Å²) in [4.78, 5) is 0. The zero-order valence-electron chi connectivity index (χ0n) is 9.10. The summed E-state index contributed by atoms with van der Waals surface area (Å²) in [7, 11) is 1.58. The highest BCUT2D eigenvalue weighted by atomic mass is 16.7. The number of rotatable bonds is 6. The summed E-state index contributed by atoms with van der Waals surface area (Å²) in [5, 5.41) is 0. The van der Waals surface area contributed by atoms with E-state index in [9.17, 15) is 0 Å². The molecule has 0 aliphatic carbocycles. The third-order valence-corrected chi connectivity index (χ3v) is 1.91. The van der Waals surface area contributed by atoms with Crippen molar-refractivity contribution in [2.75, 3.05) is 26.1 Å². The van der Waals surface area contributed by atoms with Crippen LogP contribution in [0.2, 0.25) is 0 Å². The molecule has 84 valence electrons. The van der Waals surface area contributed by atoms with Gasteiger partial charge in [0.2, 0.25) is 0 Å². The lowest BCUT2D eigenvalue weighted by Gasteiger charge is -2.16. The number of para-hydroxylation sites is 2. The smallest absolute Gasteiger partial charge is 0.191 e. The second kappa shape index (κ2) is 6.27. The molecule has 1 rings (SSSR count). The van der Waals surface area contributed by atoms with Gasteiger partial charge in [-0.25, -0.2) is 0 Å². The molecular weight excluding hydrogens is 194 g/mol. The maximum Gasteiger partial charge on any atom is 0.191 e. The van der Waals surface area contributed by atoms with Gasteiger partial charge in [0.1, 0.15) is 12.4 Å². The van der Waals surface area contributed by atoms with Crippen LogP contribution in [0.3, 0.4) is 0 Å².